The van der Waals surface area contributed by atoms with Crippen molar-refractivity contribution in [3.8, 4) is 0 Å². The molecule has 1 aromatic rings. The first-order valence-electron chi connectivity index (χ1n) is 11.8. The minimum absolute atomic E-state index is 0.0224. The van der Waals surface area contributed by atoms with Crippen LogP contribution in [0.4, 0.5) is 14.5 Å². The van der Waals surface area contributed by atoms with Gasteiger partial charge in [-0.15, -0.1) is 0 Å². The Balaban J connectivity index is 1.81. The molecule has 3 rings (SSSR count). The lowest BCUT2D eigenvalue weighted by atomic mass is 9.86. The number of carbonyl (C=O) groups excluding carboxylic acids is 5. The fraction of sp³-hybridized carbons (Fsp3) is 0.542. The lowest BCUT2D eigenvalue weighted by Crippen LogP contribution is -2.48. The minimum Gasteiger partial charge on any atom is -0.353 e. The summed E-state index contributed by atoms with van der Waals surface area (Å²) in [5.41, 5.74) is -0.0912. The number of likely N-dealkylation sites (N-methyl/N-ethyl adjacent to an activating group) is 1. The van der Waals surface area contributed by atoms with Gasteiger partial charge in [-0.05, 0) is 50.8 Å². The van der Waals surface area contributed by atoms with E-state index in [0.717, 1.165) is 0 Å². The third-order valence-electron chi connectivity index (χ3n) is 6.49. The second-order valence-corrected chi connectivity index (χ2v) is 9.81. The van der Waals surface area contributed by atoms with Gasteiger partial charge >= 0.3 is 0 Å². The molecule has 1 aliphatic carbocycles. The van der Waals surface area contributed by atoms with E-state index in [9.17, 15) is 32.8 Å². The van der Waals surface area contributed by atoms with Gasteiger partial charge in [-0.3, -0.25) is 24.0 Å². The highest BCUT2D eigenvalue weighted by Gasteiger charge is 2.40. The Morgan fingerprint density at radius 1 is 1.25 bits per heavy atom. The molecule has 2 unspecified atom stereocenters. The van der Waals surface area contributed by atoms with Gasteiger partial charge in [0.15, 0.2) is 0 Å². The fourth-order valence-electron chi connectivity index (χ4n) is 4.63. The van der Waals surface area contributed by atoms with E-state index in [1.165, 1.54) is 25.2 Å². The topological polar surface area (TPSA) is 133 Å². The molecule has 1 aromatic carbocycles. The Labute approximate surface area is 212 Å². The number of hydrogen-bond donors (Lipinski definition) is 4. The van der Waals surface area contributed by atoms with Crippen molar-refractivity contribution in [1.29, 1.82) is 0 Å². The molecule has 0 spiro atoms. The lowest BCUT2D eigenvalue weighted by Gasteiger charge is -2.28. The van der Waals surface area contributed by atoms with E-state index in [0.29, 0.717) is 12.8 Å². The number of carbonyl (C=O) groups is 5. The highest BCUT2D eigenvalue weighted by atomic mass is 35.5. The lowest BCUT2D eigenvalue weighted by molar-refractivity contribution is -0.139. The van der Waals surface area contributed by atoms with Gasteiger partial charge in [-0.2, -0.15) is 0 Å². The third kappa shape index (κ3) is 6.77. The summed E-state index contributed by atoms with van der Waals surface area (Å²) in [6.07, 6.45) is -0.0381. The van der Waals surface area contributed by atoms with Crippen LogP contribution in [0.3, 0.4) is 0 Å². The van der Waals surface area contributed by atoms with Crippen LogP contribution in [0.2, 0.25) is 5.02 Å². The van der Waals surface area contributed by atoms with Crippen LogP contribution in [0.1, 0.15) is 55.8 Å². The van der Waals surface area contributed by atoms with Gasteiger partial charge < -0.3 is 21.3 Å². The van der Waals surface area contributed by atoms with Crippen molar-refractivity contribution in [2.75, 3.05) is 12.4 Å². The van der Waals surface area contributed by atoms with Crippen molar-refractivity contribution in [3.63, 3.8) is 0 Å². The van der Waals surface area contributed by atoms with E-state index in [1.807, 2.05) is 0 Å². The molecule has 9 nitrogen and oxygen atoms in total. The second-order valence-electron chi connectivity index (χ2n) is 9.38. The molecule has 12 heteroatoms. The summed E-state index contributed by atoms with van der Waals surface area (Å²) in [5.74, 6) is -8.09. The third-order valence-corrected chi connectivity index (χ3v) is 6.72. The highest BCUT2D eigenvalue weighted by molar-refractivity contribution is 6.38. The van der Waals surface area contributed by atoms with E-state index < -0.39 is 53.7 Å². The Morgan fingerprint density at radius 3 is 2.58 bits per heavy atom. The van der Waals surface area contributed by atoms with Gasteiger partial charge in [0.05, 0.1) is 17.3 Å². The number of alkyl halides is 2. The standard InChI is InChI=1S/C24H29ClF2N4O5/c1-12-8-14(21(34)29-12)9-18(19(32)23(36)28-2)31-22(35)16-10-15(25)5-6-17(16)30-20(33)13-4-3-7-24(26,27)11-13/h5-6,10,12-14,18H,3-4,7-9,11H2,1-2H3,(H,28,36)(H,29,34)(H,30,33)(H,31,35)/t12-,13?,14+,18?/m1/s1. The number of anilines is 1. The van der Waals surface area contributed by atoms with Gasteiger partial charge in [0.2, 0.25) is 23.5 Å². The first kappa shape index (κ1) is 27.5. The van der Waals surface area contributed by atoms with E-state index in [1.54, 1.807) is 6.92 Å². The summed E-state index contributed by atoms with van der Waals surface area (Å²) < 4.78 is 27.6. The van der Waals surface area contributed by atoms with E-state index >= 15 is 0 Å². The Morgan fingerprint density at radius 2 is 1.97 bits per heavy atom. The van der Waals surface area contributed by atoms with Crippen molar-refractivity contribution >= 4 is 46.7 Å². The van der Waals surface area contributed by atoms with E-state index in [2.05, 4.69) is 21.3 Å². The average molecular weight is 527 g/mol. The molecule has 2 fully saturated rings. The largest absolute Gasteiger partial charge is 0.353 e. The molecule has 36 heavy (non-hydrogen) atoms. The molecule has 0 bridgehead atoms. The SMILES string of the molecule is CNC(=O)C(=O)C(C[C@@H]1C[C@@H](C)NC1=O)NC(=O)c1cc(Cl)ccc1NC(=O)C1CCCC(F)(F)C1. The molecule has 0 aromatic heterocycles. The molecule has 1 heterocycles. The maximum absolute atomic E-state index is 13.8. The molecular formula is C24H29ClF2N4O5. The Bertz CT molecular complexity index is 1070. The van der Waals surface area contributed by atoms with Crippen LogP contribution < -0.4 is 21.3 Å². The van der Waals surface area contributed by atoms with Gasteiger partial charge in [0, 0.05) is 42.8 Å². The van der Waals surface area contributed by atoms with Crippen LogP contribution in [0.25, 0.3) is 0 Å². The number of benzene rings is 1. The predicted molar refractivity (Wildman–Crippen MR) is 128 cm³/mol. The van der Waals surface area contributed by atoms with E-state index in [-0.39, 0.29) is 47.5 Å². The first-order chi connectivity index (χ1) is 16.9. The maximum Gasteiger partial charge on any atom is 0.289 e. The van der Waals surface area contributed by atoms with Gasteiger partial charge in [-0.25, -0.2) is 8.78 Å². The number of amides is 4. The van der Waals surface area contributed by atoms with Crippen LogP contribution in [-0.2, 0) is 19.2 Å². The number of nitrogens with one attached hydrogen (secondary N) is 4. The minimum atomic E-state index is -2.93. The molecule has 0 radical (unpaired) electrons. The summed E-state index contributed by atoms with van der Waals surface area (Å²) in [6.45, 7) is 1.80. The van der Waals surface area contributed by atoms with Crippen LogP contribution in [-0.4, -0.2) is 54.5 Å². The molecule has 1 aliphatic heterocycles. The zero-order chi connectivity index (χ0) is 26.6. The molecule has 196 valence electrons. The van der Waals surface area contributed by atoms with Crippen molar-refractivity contribution in [2.45, 2.75) is 63.5 Å². The summed E-state index contributed by atoms with van der Waals surface area (Å²) in [4.78, 5) is 62.8. The summed E-state index contributed by atoms with van der Waals surface area (Å²) >= 11 is 6.05. The summed E-state index contributed by atoms with van der Waals surface area (Å²) in [7, 11) is 1.27. The number of halogens is 3. The summed E-state index contributed by atoms with van der Waals surface area (Å²) in [6, 6.07) is 2.60. The van der Waals surface area contributed by atoms with Crippen LogP contribution in [0.5, 0.6) is 0 Å². The first-order valence-corrected chi connectivity index (χ1v) is 12.1. The van der Waals surface area contributed by atoms with Crippen LogP contribution in [0, 0.1) is 11.8 Å². The molecule has 4 N–H and O–H groups in total. The number of hydrogen-bond acceptors (Lipinski definition) is 5. The average Bonchev–Trinajstić information content (AvgIpc) is 3.14. The molecule has 2 aliphatic rings. The zero-order valence-electron chi connectivity index (χ0n) is 20.0. The van der Waals surface area contributed by atoms with Crippen LogP contribution >= 0.6 is 11.6 Å². The van der Waals surface area contributed by atoms with Crippen molar-refractivity contribution in [2.24, 2.45) is 11.8 Å². The maximum atomic E-state index is 13.8. The zero-order valence-corrected chi connectivity index (χ0v) is 20.7. The van der Waals surface area contributed by atoms with Crippen molar-refractivity contribution in [1.82, 2.24) is 16.0 Å². The van der Waals surface area contributed by atoms with Crippen molar-refractivity contribution < 1.29 is 32.8 Å². The smallest absolute Gasteiger partial charge is 0.289 e. The Hall–Kier alpha value is -3.08. The molecule has 4 amide bonds. The number of ketones is 1. The Kier molecular flexibility index (Phi) is 8.65. The molecule has 4 atom stereocenters. The quantitative estimate of drug-likeness (QED) is 0.386. The summed E-state index contributed by atoms with van der Waals surface area (Å²) in [5, 5.41) is 10.1. The van der Waals surface area contributed by atoms with E-state index in [4.69, 9.17) is 11.6 Å². The van der Waals surface area contributed by atoms with Crippen LogP contribution in [0.15, 0.2) is 18.2 Å². The molecule has 1 saturated heterocycles. The van der Waals surface area contributed by atoms with Crippen molar-refractivity contribution in [3.05, 3.63) is 28.8 Å². The highest BCUT2D eigenvalue weighted by Crippen LogP contribution is 2.37. The number of rotatable bonds is 8. The predicted octanol–water partition coefficient (Wildman–Crippen LogP) is 2.43. The van der Waals surface area contributed by atoms with Gasteiger partial charge in [0.25, 0.3) is 11.8 Å². The fourth-order valence-corrected chi connectivity index (χ4v) is 4.81. The molecular weight excluding hydrogens is 498 g/mol. The second kappa shape index (κ2) is 11.3. The number of Topliss-reactive ketones (excluding diaryl/α,β-unsaturated/α-hetero) is 1. The van der Waals surface area contributed by atoms with Gasteiger partial charge in [-0.1, -0.05) is 11.6 Å². The monoisotopic (exact) mass is 526 g/mol. The normalized spacial score (nSPS) is 23.8. The molecule has 1 saturated carbocycles. The van der Waals surface area contributed by atoms with Gasteiger partial charge in [0.1, 0.15) is 0 Å².